The summed E-state index contributed by atoms with van der Waals surface area (Å²) in [6.45, 7) is 0.364. The van der Waals surface area contributed by atoms with E-state index in [0.717, 1.165) is 24.1 Å². The lowest BCUT2D eigenvalue weighted by Crippen LogP contribution is -2.32. The van der Waals surface area contributed by atoms with Gasteiger partial charge in [0.2, 0.25) is 11.8 Å². The molecule has 2 aliphatic rings. The van der Waals surface area contributed by atoms with Gasteiger partial charge in [-0.05, 0) is 49.3 Å². The first-order chi connectivity index (χ1) is 14.0. The van der Waals surface area contributed by atoms with Crippen LogP contribution in [0.5, 0.6) is 0 Å². The fraction of sp³-hybridized carbons (Fsp3) is 0.429. The summed E-state index contributed by atoms with van der Waals surface area (Å²) in [5, 5.41) is 5.34. The Labute approximate surface area is 173 Å². The van der Waals surface area contributed by atoms with Gasteiger partial charge in [-0.1, -0.05) is 12.1 Å². The maximum Gasteiger partial charge on any atom is 0.326 e. The molecular weight excluding hydrogens is 388 g/mol. The third-order valence-electron chi connectivity index (χ3n) is 5.41. The molecule has 0 unspecified atom stereocenters. The van der Waals surface area contributed by atoms with Crippen LogP contribution in [-0.2, 0) is 22.4 Å². The summed E-state index contributed by atoms with van der Waals surface area (Å²) >= 11 is 1.40. The Morgan fingerprint density at radius 2 is 2.00 bits per heavy atom. The molecule has 8 heteroatoms. The van der Waals surface area contributed by atoms with Gasteiger partial charge in [-0.3, -0.25) is 14.5 Å². The molecule has 1 aromatic carbocycles. The van der Waals surface area contributed by atoms with Crippen LogP contribution in [0.1, 0.15) is 36.8 Å². The van der Waals surface area contributed by atoms with Crippen molar-refractivity contribution >= 4 is 34.3 Å². The number of carbonyl (C=O) groups excluding carboxylic acids is 3. The summed E-state index contributed by atoms with van der Waals surface area (Å²) in [5.74, 6) is -0.378. The molecule has 152 valence electrons. The van der Waals surface area contributed by atoms with Crippen LogP contribution >= 0.6 is 11.3 Å². The van der Waals surface area contributed by atoms with Crippen molar-refractivity contribution in [3.8, 4) is 11.3 Å². The molecule has 7 nitrogen and oxygen atoms in total. The molecule has 4 amide bonds. The number of imide groups is 1. The van der Waals surface area contributed by atoms with E-state index in [9.17, 15) is 14.4 Å². The van der Waals surface area contributed by atoms with Gasteiger partial charge in [0.05, 0.1) is 5.69 Å². The summed E-state index contributed by atoms with van der Waals surface area (Å²) in [4.78, 5) is 42.9. The summed E-state index contributed by atoms with van der Waals surface area (Å²) < 4.78 is 0. The monoisotopic (exact) mass is 412 g/mol. The highest BCUT2D eigenvalue weighted by Crippen LogP contribution is 2.29. The number of carbonyl (C=O) groups is 3. The highest BCUT2D eigenvalue weighted by molar-refractivity contribution is 7.14. The summed E-state index contributed by atoms with van der Waals surface area (Å²) in [7, 11) is 1.59. The average Bonchev–Trinajstić information content (AvgIpc) is 3.27. The minimum absolute atomic E-state index is 0.107. The van der Waals surface area contributed by atoms with Gasteiger partial charge in [0.25, 0.3) is 0 Å². The molecule has 2 heterocycles. The fourth-order valence-corrected chi connectivity index (χ4v) is 4.56. The van der Waals surface area contributed by atoms with Crippen molar-refractivity contribution in [2.45, 2.75) is 38.5 Å². The third kappa shape index (κ3) is 4.32. The van der Waals surface area contributed by atoms with Crippen LogP contribution in [0.4, 0.5) is 9.93 Å². The highest BCUT2D eigenvalue weighted by atomic mass is 32.1. The van der Waals surface area contributed by atoms with Crippen LogP contribution in [-0.4, -0.2) is 52.8 Å². The van der Waals surface area contributed by atoms with E-state index in [4.69, 9.17) is 0 Å². The lowest BCUT2D eigenvalue weighted by molar-refractivity contribution is -0.125. The van der Waals surface area contributed by atoms with E-state index in [1.54, 1.807) is 7.05 Å². The number of likely N-dealkylation sites (N-methyl/N-ethyl adjacent to an activating group) is 1. The van der Waals surface area contributed by atoms with Gasteiger partial charge in [0, 0.05) is 31.0 Å². The van der Waals surface area contributed by atoms with Crippen molar-refractivity contribution < 1.29 is 14.4 Å². The molecular formula is C21H24N4O3S. The number of anilines is 1. The van der Waals surface area contributed by atoms with Crippen LogP contribution in [0, 0.1) is 0 Å². The first-order valence-electron chi connectivity index (χ1n) is 9.94. The molecule has 1 saturated heterocycles. The van der Waals surface area contributed by atoms with E-state index in [1.807, 2.05) is 5.38 Å². The largest absolute Gasteiger partial charge is 0.326 e. The summed E-state index contributed by atoms with van der Waals surface area (Å²) in [6, 6.07) is 6.21. The number of hydrogen-bond acceptors (Lipinski definition) is 5. The molecule has 1 aliphatic heterocycles. The van der Waals surface area contributed by atoms with Crippen molar-refractivity contribution in [2.24, 2.45) is 0 Å². The predicted molar refractivity (Wildman–Crippen MR) is 112 cm³/mol. The molecule has 0 radical (unpaired) electrons. The van der Waals surface area contributed by atoms with Gasteiger partial charge in [-0.2, -0.15) is 0 Å². The Kier molecular flexibility index (Phi) is 5.62. The first-order valence-corrected chi connectivity index (χ1v) is 10.8. The third-order valence-corrected chi connectivity index (χ3v) is 6.17. The Hall–Kier alpha value is -2.74. The lowest BCUT2D eigenvalue weighted by atomic mass is 9.90. The molecule has 1 N–H and O–H groups in total. The van der Waals surface area contributed by atoms with Crippen LogP contribution in [0.2, 0.25) is 0 Å². The number of nitrogens with zero attached hydrogens (tertiary/aromatic N) is 3. The van der Waals surface area contributed by atoms with Crippen LogP contribution in [0.25, 0.3) is 11.3 Å². The Balaban J connectivity index is 1.30. The Morgan fingerprint density at radius 3 is 2.76 bits per heavy atom. The second kappa shape index (κ2) is 8.32. The SMILES string of the molecule is CN1CC(=O)N(CCCC(=O)Nc2nc(-c3ccc4c(c3)CCCC4)cs2)C1=O. The molecule has 1 aromatic heterocycles. The number of amides is 4. The molecule has 29 heavy (non-hydrogen) atoms. The number of urea groups is 1. The standard InChI is InChI=1S/C21H24N4O3S/c1-24-12-19(27)25(21(24)28)10-4-7-18(26)23-20-22-17(13-29-20)16-9-8-14-5-2-3-6-15(14)11-16/h8-9,11,13H,2-7,10,12H2,1H3,(H,22,23,26). The van der Waals surface area contributed by atoms with E-state index < -0.39 is 0 Å². The zero-order valence-corrected chi connectivity index (χ0v) is 17.3. The number of hydrogen-bond donors (Lipinski definition) is 1. The van der Waals surface area contributed by atoms with Gasteiger partial charge < -0.3 is 10.2 Å². The van der Waals surface area contributed by atoms with Gasteiger partial charge in [-0.25, -0.2) is 9.78 Å². The van der Waals surface area contributed by atoms with E-state index in [1.165, 1.54) is 45.1 Å². The molecule has 1 aliphatic carbocycles. The smallest absolute Gasteiger partial charge is 0.318 e. The van der Waals surface area contributed by atoms with Crippen LogP contribution in [0.15, 0.2) is 23.6 Å². The zero-order valence-electron chi connectivity index (χ0n) is 16.4. The number of benzene rings is 1. The highest BCUT2D eigenvalue weighted by Gasteiger charge is 2.32. The summed E-state index contributed by atoms with van der Waals surface area (Å²) in [6.07, 6.45) is 5.43. The minimum atomic E-state index is -0.301. The topological polar surface area (TPSA) is 82.6 Å². The fourth-order valence-electron chi connectivity index (χ4n) is 3.82. The van der Waals surface area contributed by atoms with E-state index >= 15 is 0 Å². The second-order valence-electron chi connectivity index (χ2n) is 7.56. The first kappa shape index (κ1) is 19.6. The normalized spacial score (nSPS) is 16.3. The Bertz CT molecular complexity index is 955. The number of fused-ring (bicyclic) bond motifs is 1. The molecule has 1 fully saturated rings. The van der Waals surface area contributed by atoms with Gasteiger partial charge >= 0.3 is 6.03 Å². The molecule has 0 atom stereocenters. The lowest BCUT2D eigenvalue weighted by Gasteiger charge is -2.16. The molecule has 2 aromatic rings. The molecule has 0 spiro atoms. The van der Waals surface area contributed by atoms with E-state index in [0.29, 0.717) is 11.6 Å². The van der Waals surface area contributed by atoms with Crippen molar-refractivity contribution in [1.29, 1.82) is 0 Å². The predicted octanol–water partition coefficient (Wildman–Crippen LogP) is 3.30. The van der Waals surface area contributed by atoms with E-state index in [-0.39, 0.29) is 37.4 Å². The van der Waals surface area contributed by atoms with Gasteiger partial charge in [-0.15, -0.1) is 11.3 Å². The molecule has 0 saturated carbocycles. The maximum atomic E-state index is 12.2. The zero-order chi connectivity index (χ0) is 20.4. The number of thiazole rings is 1. The van der Waals surface area contributed by atoms with Gasteiger partial charge in [0.15, 0.2) is 5.13 Å². The number of rotatable bonds is 6. The van der Waals surface area contributed by atoms with Crippen LogP contribution < -0.4 is 5.32 Å². The van der Waals surface area contributed by atoms with Crippen molar-refractivity contribution in [2.75, 3.05) is 25.5 Å². The number of aromatic nitrogens is 1. The number of aryl methyl sites for hydroxylation is 2. The summed E-state index contributed by atoms with van der Waals surface area (Å²) in [5.41, 5.74) is 4.79. The maximum absolute atomic E-state index is 12.2. The van der Waals surface area contributed by atoms with Crippen molar-refractivity contribution in [3.05, 3.63) is 34.7 Å². The van der Waals surface area contributed by atoms with Crippen LogP contribution in [0.3, 0.4) is 0 Å². The van der Waals surface area contributed by atoms with E-state index in [2.05, 4.69) is 28.5 Å². The quantitative estimate of drug-likeness (QED) is 0.738. The Morgan fingerprint density at radius 1 is 1.21 bits per heavy atom. The average molecular weight is 413 g/mol. The van der Waals surface area contributed by atoms with Crippen molar-refractivity contribution in [1.82, 2.24) is 14.8 Å². The van der Waals surface area contributed by atoms with Crippen molar-refractivity contribution in [3.63, 3.8) is 0 Å². The second-order valence-corrected chi connectivity index (χ2v) is 8.42. The molecule has 4 rings (SSSR count). The number of nitrogens with one attached hydrogen (secondary N) is 1. The minimum Gasteiger partial charge on any atom is -0.318 e. The molecule has 0 bridgehead atoms. The van der Waals surface area contributed by atoms with Gasteiger partial charge in [0.1, 0.15) is 6.54 Å².